The van der Waals surface area contributed by atoms with Gasteiger partial charge in [0.05, 0.1) is 29.5 Å². The van der Waals surface area contributed by atoms with E-state index in [1.54, 1.807) is 6.20 Å². The molecule has 1 amide bonds. The maximum absolute atomic E-state index is 13.4. The zero-order valence-electron chi connectivity index (χ0n) is 20.8. The van der Waals surface area contributed by atoms with E-state index in [2.05, 4.69) is 38.9 Å². The molecule has 0 saturated carbocycles. The Kier molecular flexibility index (Phi) is 6.31. The van der Waals surface area contributed by atoms with Crippen LogP contribution in [-0.2, 0) is 10.3 Å². The number of fused-ring (bicyclic) bond motifs is 1. The summed E-state index contributed by atoms with van der Waals surface area (Å²) in [6, 6.07) is 6.34. The minimum absolute atomic E-state index is 0.107. The van der Waals surface area contributed by atoms with E-state index in [4.69, 9.17) is 16.6 Å². The second kappa shape index (κ2) is 9.28. The molecule has 0 bridgehead atoms. The lowest BCUT2D eigenvalue weighted by Gasteiger charge is -2.44. The molecule has 35 heavy (non-hydrogen) atoms. The first-order valence-corrected chi connectivity index (χ1v) is 12.6. The van der Waals surface area contributed by atoms with E-state index >= 15 is 0 Å². The largest absolute Gasteiger partial charge is 0.353 e. The van der Waals surface area contributed by atoms with Gasteiger partial charge in [-0.1, -0.05) is 17.7 Å². The fourth-order valence-corrected chi connectivity index (χ4v) is 5.24. The number of imidazole rings is 1. The highest BCUT2D eigenvalue weighted by atomic mass is 35.5. The van der Waals surface area contributed by atoms with E-state index < -0.39 is 5.54 Å². The Labute approximate surface area is 211 Å². The van der Waals surface area contributed by atoms with Crippen molar-refractivity contribution in [3.05, 3.63) is 47.5 Å². The molecule has 1 N–H and O–H groups in total. The quantitative estimate of drug-likeness (QED) is 0.562. The highest BCUT2D eigenvalue weighted by Crippen LogP contribution is 2.34. The number of piperidine rings is 1. The molecule has 10 heteroatoms. The molecule has 5 rings (SSSR count). The molecule has 2 aliphatic rings. The summed E-state index contributed by atoms with van der Waals surface area (Å²) in [5.74, 6) is 1.40. The molecule has 1 atom stereocenters. The number of halogens is 1. The zero-order chi connectivity index (χ0) is 24.7. The number of likely N-dealkylation sites (N-methyl/N-ethyl adjacent to an activating group) is 1. The minimum atomic E-state index is -0.518. The number of rotatable bonds is 6. The van der Waals surface area contributed by atoms with Crippen molar-refractivity contribution >= 4 is 34.9 Å². The summed E-state index contributed by atoms with van der Waals surface area (Å²) in [5, 5.41) is 3.87. The number of nitrogens with zero attached hydrogens (tertiary/aromatic N) is 7. The Balaban J connectivity index is 1.27. The molecule has 0 spiro atoms. The van der Waals surface area contributed by atoms with Crippen LogP contribution in [0.25, 0.3) is 5.65 Å². The number of aromatic nitrogens is 4. The van der Waals surface area contributed by atoms with Gasteiger partial charge in [-0.05, 0) is 45.9 Å². The molecule has 9 nitrogen and oxygen atoms in total. The van der Waals surface area contributed by atoms with E-state index in [-0.39, 0.29) is 11.8 Å². The van der Waals surface area contributed by atoms with Crippen molar-refractivity contribution in [2.24, 2.45) is 5.92 Å². The van der Waals surface area contributed by atoms with E-state index in [1.165, 1.54) is 0 Å². The average molecular weight is 497 g/mol. The van der Waals surface area contributed by atoms with Gasteiger partial charge in [0.1, 0.15) is 10.7 Å². The van der Waals surface area contributed by atoms with E-state index in [0.29, 0.717) is 35.9 Å². The van der Waals surface area contributed by atoms with Gasteiger partial charge in [0.2, 0.25) is 11.9 Å². The number of carbonyl (C=O) groups excluding carboxylic acids is 1. The Morgan fingerprint density at radius 3 is 2.74 bits per heavy atom. The molecule has 1 unspecified atom stereocenters. The fourth-order valence-electron chi connectivity index (χ4n) is 5.03. The van der Waals surface area contributed by atoms with Crippen molar-refractivity contribution in [2.75, 3.05) is 50.1 Å². The first-order chi connectivity index (χ1) is 16.8. The topological polar surface area (TPSA) is 81.9 Å². The van der Waals surface area contributed by atoms with Crippen LogP contribution in [0.3, 0.4) is 0 Å². The second-order valence-electron chi connectivity index (χ2n) is 10.0. The number of hydrogen-bond donors (Lipinski definition) is 1. The maximum Gasteiger partial charge on any atom is 0.229 e. The van der Waals surface area contributed by atoms with E-state index in [0.717, 1.165) is 37.3 Å². The molecule has 5 heterocycles. The third kappa shape index (κ3) is 4.31. The third-order valence-corrected chi connectivity index (χ3v) is 7.84. The summed E-state index contributed by atoms with van der Waals surface area (Å²) < 4.78 is 2.04. The van der Waals surface area contributed by atoms with Crippen LogP contribution in [0.15, 0.2) is 36.8 Å². The lowest BCUT2D eigenvalue weighted by Crippen LogP contribution is -2.57. The molecule has 0 aliphatic carbocycles. The summed E-state index contributed by atoms with van der Waals surface area (Å²) in [6.45, 7) is 7.10. The predicted octanol–water partition coefficient (Wildman–Crippen LogP) is 2.80. The van der Waals surface area contributed by atoms with Crippen molar-refractivity contribution in [3.8, 4) is 0 Å². The van der Waals surface area contributed by atoms with Crippen molar-refractivity contribution < 1.29 is 4.79 Å². The molecule has 3 aromatic heterocycles. The fraction of sp³-hybridized carbons (Fsp3) is 0.520. The summed E-state index contributed by atoms with van der Waals surface area (Å²) >= 11 is 6.48. The Morgan fingerprint density at radius 2 is 1.97 bits per heavy atom. The Bertz CT molecular complexity index is 1220. The highest BCUT2D eigenvalue weighted by molar-refractivity contribution is 6.32. The van der Waals surface area contributed by atoms with Gasteiger partial charge in [0.25, 0.3) is 0 Å². The van der Waals surface area contributed by atoms with E-state index in [1.807, 2.05) is 54.0 Å². The van der Waals surface area contributed by atoms with Gasteiger partial charge in [0, 0.05) is 45.5 Å². The molecule has 2 fully saturated rings. The van der Waals surface area contributed by atoms with Crippen LogP contribution in [0, 0.1) is 5.92 Å². The van der Waals surface area contributed by atoms with Crippen molar-refractivity contribution in [2.45, 2.75) is 38.3 Å². The number of amides is 1. The van der Waals surface area contributed by atoms with Crippen molar-refractivity contribution in [1.82, 2.24) is 29.6 Å². The molecule has 2 saturated heterocycles. The summed E-state index contributed by atoms with van der Waals surface area (Å²) in [6.07, 6.45) is 7.77. The lowest BCUT2D eigenvalue weighted by atomic mass is 9.93. The molecular weight excluding hydrogens is 464 g/mol. The van der Waals surface area contributed by atoms with Gasteiger partial charge in [-0.3, -0.25) is 4.79 Å². The number of hydrogen-bond acceptors (Lipinski definition) is 7. The van der Waals surface area contributed by atoms with Crippen molar-refractivity contribution in [1.29, 1.82) is 0 Å². The van der Waals surface area contributed by atoms with E-state index in [9.17, 15) is 4.79 Å². The van der Waals surface area contributed by atoms with Crippen LogP contribution in [0.5, 0.6) is 0 Å². The van der Waals surface area contributed by atoms with Gasteiger partial charge in [-0.2, -0.15) is 4.98 Å². The number of anilines is 2. The summed E-state index contributed by atoms with van der Waals surface area (Å²) in [4.78, 5) is 33.3. The van der Waals surface area contributed by atoms with Gasteiger partial charge in [-0.25, -0.2) is 9.97 Å². The monoisotopic (exact) mass is 496 g/mol. The first kappa shape index (κ1) is 23.8. The van der Waals surface area contributed by atoms with Crippen LogP contribution >= 0.6 is 11.6 Å². The zero-order valence-corrected chi connectivity index (χ0v) is 21.5. The second-order valence-corrected chi connectivity index (χ2v) is 10.5. The van der Waals surface area contributed by atoms with Gasteiger partial charge >= 0.3 is 0 Å². The van der Waals surface area contributed by atoms with Crippen molar-refractivity contribution in [3.63, 3.8) is 0 Å². The third-order valence-electron chi connectivity index (χ3n) is 7.57. The Morgan fingerprint density at radius 1 is 1.17 bits per heavy atom. The smallest absolute Gasteiger partial charge is 0.229 e. The normalized spacial score (nSPS) is 19.2. The van der Waals surface area contributed by atoms with Gasteiger partial charge < -0.3 is 24.4 Å². The molecule has 186 valence electrons. The lowest BCUT2D eigenvalue weighted by molar-refractivity contribution is -0.140. The first-order valence-electron chi connectivity index (χ1n) is 12.2. The van der Waals surface area contributed by atoms with Gasteiger partial charge in [-0.15, -0.1) is 0 Å². The number of carbonyl (C=O) groups is 1. The number of nitrogens with one attached hydrogen (secondary N) is 1. The van der Waals surface area contributed by atoms with Crippen LogP contribution < -0.4 is 15.1 Å². The molecular formula is C25H33ClN8O. The predicted molar refractivity (Wildman–Crippen MR) is 138 cm³/mol. The van der Waals surface area contributed by atoms with Crippen LogP contribution in [0.4, 0.5) is 11.8 Å². The highest BCUT2D eigenvalue weighted by Gasteiger charge is 2.41. The average Bonchev–Trinajstić information content (AvgIpc) is 3.29. The van der Waals surface area contributed by atoms with Crippen LogP contribution in [0.1, 0.15) is 32.4 Å². The van der Waals surface area contributed by atoms with Crippen LogP contribution in [0.2, 0.25) is 5.02 Å². The SMILES string of the molecule is CNC1CCCN(c2ncc(Cl)c(N3CC(C(=O)N(C)C(C)(C)c4cnc5ccccn45)C3)n2)C1. The molecule has 0 radical (unpaired) electrons. The molecule has 0 aromatic carbocycles. The van der Waals surface area contributed by atoms with Crippen LogP contribution in [-0.4, -0.2) is 76.5 Å². The maximum atomic E-state index is 13.4. The molecule has 3 aromatic rings. The summed E-state index contributed by atoms with van der Waals surface area (Å²) in [7, 11) is 3.87. The van der Waals surface area contributed by atoms with Gasteiger partial charge in [0.15, 0.2) is 5.82 Å². The number of pyridine rings is 1. The molecule has 2 aliphatic heterocycles. The standard InChI is InChI=1S/C25H33ClN8O/c1-25(2,20-13-28-21-9-5-6-11-34(20)21)31(4)23(35)17-14-33(15-17)22-19(26)12-29-24(30-22)32-10-7-8-18(16-32)27-3/h5-6,9,11-13,17-18,27H,7-8,10,14-16H2,1-4H3. The minimum Gasteiger partial charge on any atom is -0.353 e. The summed E-state index contributed by atoms with van der Waals surface area (Å²) in [5.41, 5.74) is 1.33. The Hall–Kier alpha value is -2.91.